The van der Waals surface area contributed by atoms with E-state index in [1.807, 2.05) is 0 Å². The summed E-state index contributed by atoms with van der Waals surface area (Å²) in [5.74, 6) is 0.936. The summed E-state index contributed by atoms with van der Waals surface area (Å²) in [6.07, 6.45) is 8.42. The molecule has 1 heterocycles. The van der Waals surface area contributed by atoms with Crippen molar-refractivity contribution in [2.24, 2.45) is 16.7 Å². The number of carbonyl (C=O) groups excluding carboxylic acids is 1. The van der Waals surface area contributed by atoms with Gasteiger partial charge in [0, 0.05) is 30.3 Å². The number of hydrogen-bond acceptors (Lipinski definition) is 2. The van der Waals surface area contributed by atoms with E-state index in [1.54, 1.807) is 0 Å². The van der Waals surface area contributed by atoms with Gasteiger partial charge in [0.25, 0.3) is 0 Å². The van der Waals surface area contributed by atoms with Crippen molar-refractivity contribution in [3.8, 4) is 0 Å². The number of nitrogens with zero attached hydrogens (tertiary/aromatic N) is 1. The third kappa shape index (κ3) is 1.44. The van der Waals surface area contributed by atoms with Crippen LogP contribution in [0.2, 0.25) is 0 Å². The standard InChI is InChI=1S/C16H25NO/c1-15(2)13-7-8-16(15,3)14(18)12(13)11-17-9-5-4-6-10-17/h11,13H,4-10H2,1-3H3/b12-11-/t13-,16-/m0/s1. The fraction of sp³-hybridized carbons (Fsp3) is 0.812. The number of carbonyl (C=O) groups is 1. The lowest BCUT2D eigenvalue weighted by molar-refractivity contribution is -0.125. The molecule has 100 valence electrons. The van der Waals surface area contributed by atoms with Crippen LogP contribution in [0.1, 0.15) is 52.9 Å². The van der Waals surface area contributed by atoms with Gasteiger partial charge in [0.1, 0.15) is 0 Å². The van der Waals surface area contributed by atoms with Crippen LogP contribution in [0.4, 0.5) is 0 Å². The lowest BCUT2D eigenvalue weighted by Crippen LogP contribution is -2.32. The molecule has 0 spiro atoms. The van der Waals surface area contributed by atoms with Crippen molar-refractivity contribution in [3.63, 3.8) is 0 Å². The highest BCUT2D eigenvalue weighted by Gasteiger charge is 2.64. The number of likely N-dealkylation sites (tertiary alicyclic amines) is 1. The normalized spacial score (nSPS) is 40.8. The fourth-order valence-electron chi connectivity index (χ4n) is 4.32. The maximum absolute atomic E-state index is 12.7. The minimum atomic E-state index is -0.0979. The zero-order valence-electron chi connectivity index (χ0n) is 12.0. The maximum atomic E-state index is 12.7. The molecular formula is C16H25NO. The largest absolute Gasteiger partial charge is 0.377 e. The van der Waals surface area contributed by atoms with E-state index >= 15 is 0 Å². The molecule has 0 N–H and O–H groups in total. The second-order valence-electron chi connectivity index (χ2n) is 7.16. The van der Waals surface area contributed by atoms with Crippen molar-refractivity contribution in [1.82, 2.24) is 4.90 Å². The Morgan fingerprint density at radius 3 is 2.39 bits per heavy atom. The molecule has 3 rings (SSSR count). The molecule has 18 heavy (non-hydrogen) atoms. The highest BCUT2D eigenvalue weighted by Crippen LogP contribution is 2.65. The zero-order valence-corrected chi connectivity index (χ0v) is 12.0. The average Bonchev–Trinajstić information content (AvgIpc) is 2.65. The third-order valence-electron chi connectivity index (χ3n) is 6.08. The molecule has 0 unspecified atom stereocenters. The lowest BCUT2D eigenvalue weighted by atomic mass is 9.70. The molecule has 2 heteroatoms. The molecule has 2 aliphatic carbocycles. The van der Waals surface area contributed by atoms with Crippen molar-refractivity contribution in [1.29, 1.82) is 0 Å². The van der Waals surface area contributed by atoms with Gasteiger partial charge in [-0.2, -0.15) is 0 Å². The van der Waals surface area contributed by atoms with E-state index in [0.717, 1.165) is 25.1 Å². The number of hydrogen-bond donors (Lipinski definition) is 0. The minimum Gasteiger partial charge on any atom is -0.377 e. The van der Waals surface area contributed by atoms with Gasteiger partial charge in [0.2, 0.25) is 0 Å². The first-order chi connectivity index (χ1) is 8.47. The topological polar surface area (TPSA) is 20.3 Å². The summed E-state index contributed by atoms with van der Waals surface area (Å²) in [5.41, 5.74) is 1.20. The molecule has 0 aromatic rings. The van der Waals surface area contributed by atoms with Crippen LogP contribution in [0.15, 0.2) is 11.8 Å². The SMILES string of the molecule is CC1(C)[C@H]2CC[C@@]1(C)C(=O)/C2=C\N1CCCCC1. The third-order valence-corrected chi connectivity index (χ3v) is 6.08. The van der Waals surface area contributed by atoms with E-state index in [4.69, 9.17) is 0 Å². The van der Waals surface area contributed by atoms with E-state index in [9.17, 15) is 4.79 Å². The monoisotopic (exact) mass is 247 g/mol. The zero-order chi connectivity index (χ0) is 13.0. The lowest BCUT2D eigenvalue weighted by Gasteiger charge is -2.31. The number of ketones is 1. The molecule has 0 aromatic heterocycles. The summed E-state index contributed by atoms with van der Waals surface area (Å²) in [7, 11) is 0. The van der Waals surface area contributed by atoms with Gasteiger partial charge in [-0.05, 0) is 43.4 Å². The van der Waals surface area contributed by atoms with E-state index in [1.165, 1.54) is 25.7 Å². The van der Waals surface area contributed by atoms with Gasteiger partial charge in [-0.25, -0.2) is 0 Å². The molecule has 3 aliphatic rings. The predicted molar refractivity (Wildman–Crippen MR) is 73.1 cm³/mol. The number of piperidine rings is 1. The van der Waals surface area contributed by atoms with E-state index < -0.39 is 0 Å². The predicted octanol–water partition coefficient (Wildman–Crippen LogP) is 3.38. The van der Waals surface area contributed by atoms with Gasteiger partial charge < -0.3 is 4.90 Å². The van der Waals surface area contributed by atoms with Crippen molar-refractivity contribution in [2.45, 2.75) is 52.9 Å². The van der Waals surface area contributed by atoms with Gasteiger partial charge in [-0.3, -0.25) is 4.79 Å². The van der Waals surface area contributed by atoms with E-state index in [0.29, 0.717) is 11.7 Å². The number of fused-ring (bicyclic) bond motifs is 2. The van der Waals surface area contributed by atoms with Crippen LogP contribution in [-0.2, 0) is 4.79 Å². The van der Waals surface area contributed by atoms with Crippen molar-refractivity contribution < 1.29 is 4.79 Å². The summed E-state index contributed by atoms with van der Waals surface area (Å²) in [4.78, 5) is 15.1. The Labute approximate surface area is 110 Å². The van der Waals surface area contributed by atoms with Crippen LogP contribution in [0.3, 0.4) is 0 Å². The summed E-state index contributed by atoms with van der Waals surface area (Å²) in [6, 6.07) is 0. The van der Waals surface area contributed by atoms with Crippen LogP contribution in [0.5, 0.6) is 0 Å². The highest BCUT2D eigenvalue weighted by molar-refractivity contribution is 6.04. The van der Waals surface area contributed by atoms with Crippen LogP contribution in [0.25, 0.3) is 0 Å². The van der Waals surface area contributed by atoms with Gasteiger partial charge in [-0.1, -0.05) is 20.8 Å². The van der Waals surface area contributed by atoms with Crippen LogP contribution < -0.4 is 0 Å². The van der Waals surface area contributed by atoms with Crippen molar-refractivity contribution in [3.05, 3.63) is 11.8 Å². The Balaban J connectivity index is 1.90. The second kappa shape index (κ2) is 3.85. The van der Waals surface area contributed by atoms with E-state index in [2.05, 4.69) is 31.9 Å². The quantitative estimate of drug-likeness (QED) is 0.662. The number of allylic oxidation sites excluding steroid dienone is 1. The first kappa shape index (κ1) is 12.3. The van der Waals surface area contributed by atoms with Crippen molar-refractivity contribution >= 4 is 5.78 Å². The maximum Gasteiger partial charge on any atom is 0.167 e. The molecule has 2 bridgehead atoms. The van der Waals surface area contributed by atoms with Crippen molar-refractivity contribution in [2.75, 3.05) is 13.1 Å². The summed E-state index contributed by atoms with van der Waals surface area (Å²) >= 11 is 0. The number of Topliss-reactive ketones (excluding diaryl/α,β-unsaturated/α-hetero) is 1. The van der Waals surface area contributed by atoms with Gasteiger partial charge in [0.05, 0.1) is 0 Å². The van der Waals surface area contributed by atoms with Gasteiger partial charge in [0.15, 0.2) is 5.78 Å². The summed E-state index contributed by atoms with van der Waals surface area (Å²) in [5, 5.41) is 0. The molecular weight excluding hydrogens is 222 g/mol. The molecule has 2 atom stereocenters. The molecule has 1 saturated heterocycles. The molecule has 0 radical (unpaired) electrons. The first-order valence-electron chi connectivity index (χ1n) is 7.47. The first-order valence-corrected chi connectivity index (χ1v) is 7.47. The Morgan fingerprint density at radius 2 is 1.83 bits per heavy atom. The number of rotatable bonds is 1. The second-order valence-corrected chi connectivity index (χ2v) is 7.16. The van der Waals surface area contributed by atoms with Crippen LogP contribution in [-0.4, -0.2) is 23.8 Å². The molecule has 2 nitrogen and oxygen atoms in total. The van der Waals surface area contributed by atoms with Crippen LogP contribution >= 0.6 is 0 Å². The Morgan fingerprint density at radius 1 is 1.17 bits per heavy atom. The Bertz CT molecular complexity index is 403. The minimum absolute atomic E-state index is 0.0979. The van der Waals surface area contributed by atoms with Gasteiger partial charge in [-0.15, -0.1) is 0 Å². The highest BCUT2D eigenvalue weighted by atomic mass is 16.1. The average molecular weight is 247 g/mol. The van der Waals surface area contributed by atoms with Gasteiger partial charge >= 0.3 is 0 Å². The van der Waals surface area contributed by atoms with E-state index in [-0.39, 0.29) is 10.8 Å². The van der Waals surface area contributed by atoms with Crippen LogP contribution in [0, 0.1) is 16.7 Å². The smallest absolute Gasteiger partial charge is 0.167 e. The molecule has 2 saturated carbocycles. The molecule has 1 aliphatic heterocycles. The summed E-state index contributed by atoms with van der Waals surface area (Å²) < 4.78 is 0. The molecule has 3 fully saturated rings. The Hall–Kier alpha value is -0.790. The fourth-order valence-corrected chi connectivity index (χ4v) is 4.32. The molecule has 0 aromatic carbocycles. The Kier molecular flexibility index (Phi) is 2.62. The summed E-state index contributed by atoms with van der Waals surface area (Å²) in [6.45, 7) is 9.05. The molecule has 0 amide bonds.